The van der Waals surface area contributed by atoms with Gasteiger partial charge in [-0.05, 0) is 53.3 Å². The van der Waals surface area contributed by atoms with Gasteiger partial charge in [0.15, 0.2) is 5.96 Å². The van der Waals surface area contributed by atoms with Gasteiger partial charge in [-0.25, -0.2) is 0 Å². The van der Waals surface area contributed by atoms with Crippen LogP contribution in [-0.2, 0) is 20.9 Å². The summed E-state index contributed by atoms with van der Waals surface area (Å²) >= 11 is 2.00. The number of nitrogens with one attached hydrogen (secondary N) is 4. The van der Waals surface area contributed by atoms with Gasteiger partial charge in [-0.1, -0.05) is 20.3 Å². The fourth-order valence-electron chi connectivity index (χ4n) is 4.03. The minimum atomic E-state index is -1.00. The summed E-state index contributed by atoms with van der Waals surface area (Å²) in [5.41, 5.74) is 17.4. The predicted molar refractivity (Wildman–Crippen MR) is 152 cm³/mol. The molecule has 0 fully saturated rings. The first-order valence-electron chi connectivity index (χ1n) is 12.3. The molecular formula is C23H36IN9O5. The number of halogens is 1. The molecule has 10 N–H and O–H groups in total. The molecule has 4 atom stereocenters. The predicted octanol–water partition coefficient (Wildman–Crippen LogP) is 0.0278. The molecule has 0 aliphatic carbocycles. The molecule has 2 unspecified atom stereocenters. The lowest BCUT2D eigenvalue weighted by atomic mass is 9.97. The fourth-order valence-corrected chi connectivity index (χ4v) is 4.89. The molecule has 38 heavy (non-hydrogen) atoms. The standard InChI is InChI=1S/C23H36IN9O5/c1-3-12(2)18-22(36)32-17(5-4-7-29-23(26)27)21(35)31-16(20(25)34)6-8-28-19-13(11-30-18)9-14(33(37)38)10-15(19)24/h9-10,12,16-18,28,30H,3-8,11H2,1-2H3,(H2,25,34)(H,31,35)(H,32,36)(H4,26,27,29)/t12?,16?,17-,18-/m0/s1. The Labute approximate surface area is 234 Å². The van der Waals surface area contributed by atoms with E-state index >= 15 is 0 Å². The highest BCUT2D eigenvalue weighted by Crippen LogP contribution is 2.29. The second-order valence-electron chi connectivity index (χ2n) is 9.15. The van der Waals surface area contributed by atoms with Crippen molar-refractivity contribution in [3.63, 3.8) is 0 Å². The van der Waals surface area contributed by atoms with E-state index in [4.69, 9.17) is 17.2 Å². The third kappa shape index (κ3) is 8.97. The molecule has 1 aromatic rings. The molecule has 0 radical (unpaired) electrons. The van der Waals surface area contributed by atoms with Crippen molar-refractivity contribution >= 4 is 57.6 Å². The third-order valence-electron chi connectivity index (χ3n) is 6.35. The largest absolute Gasteiger partial charge is 0.384 e. The van der Waals surface area contributed by atoms with Crippen LogP contribution in [0.25, 0.3) is 0 Å². The highest BCUT2D eigenvalue weighted by Gasteiger charge is 2.31. The molecule has 2 rings (SSSR count). The van der Waals surface area contributed by atoms with Crippen LogP contribution in [0.1, 0.15) is 45.1 Å². The van der Waals surface area contributed by atoms with Crippen LogP contribution in [0.5, 0.6) is 0 Å². The number of amides is 3. The van der Waals surface area contributed by atoms with Crippen LogP contribution in [0.15, 0.2) is 17.1 Å². The van der Waals surface area contributed by atoms with Gasteiger partial charge in [0.25, 0.3) is 5.69 Å². The molecule has 3 amide bonds. The molecule has 0 aromatic heterocycles. The van der Waals surface area contributed by atoms with E-state index < -0.39 is 40.8 Å². The molecule has 14 nitrogen and oxygen atoms in total. The zero-order chi connectivity index (χ0) is 28.4. The number of guanidine groups is 1. The van der Waals surface area contributed by atoms with Crippen molar-refractivity contribution in [1.29, 1.82) is 0 Å². The van der Waals surface area contributed by atoms with E-state index in [9.17, 15) is 24.5 Å². The molecule has 210 valence electrons. The van der Waals surface area contributed by atoms with Crippen molar-refractivity contribution in [2.75, 3.05) is 18.4 Å². The Balaban J connectivity index is 2.45. The smallest absolute Gasteiger partial charge is 0.270 e. The number of benzene rings is 1. The zero-order valence-corrected chi connectivity index (χ0v) is 23.6. The van der Waals surface area contributed by atoms with Crippen LogP contribution in [0, 0.1) is 19.6 Å². The quantitative estimate of drug-likeness (QED) is 0.0504. The van der Waals surface area contributed by atoms with E-state index in [-0.39, 0.29) is 50.0 Å². The van der Waals surface area contributed by atoms with Crippen molar-refractivity contribution in [3.8, 4) is 0 Å². The topological polar surface area (TPSA) is 233 Å². The number of anilines is 1. The van der Waals surface area contributed by atoms with Crippen LogP contribution in [0.4, 0.5) is 11.4 Å². The number of hydrogen-bond donors (Lipinski definition) is 7. The SMILES string of the molecule is CCC(C)[C@@H]1NCc2cc([N+](=O)[O-])cc(I)c2NCCC(C(N)=O)NC(=O)[C@H](CCCN=C(N)N)NC1=O. The maximum Gasteiger partial charge on any atom is 0.270 e. The van der Waals surface area contributed by atoms with Gasteiger partial charge in [-0.2, -0.15) is 0 Å². The average molecular weight is 646 g/mol. The summed E-state index contributed by atoms with van der Waals surface area (Å²) in [6.07, 6.45) is 1.44. The Morgan fingerprint density at radius 2 is 1.95 bits per heavy atom. The number of fused-ring (bicyclic) bond motifs is 1. The lowest BCUT2D eigenvalue weighted by Crippen LogP contribution is -2.57. The summed E-state index contributed by atoms with van der Waals surface area (Å²) in [6.45, 7) is 4.50. The fraction of sp³-hybridized carbons (Fsp3) is 0.565. The summed E-state index contributed by atoms with van der Waals surface area (Å²) < 4.78 is 0.603. The van der Waals surface area contributed by atoms with Crippen molar-refractivity contribution in [2.24, 2.45) is 28.1 Å². The number of nitrogens with two attached hydrogens (primary N) is 3. The number of nitro groups is 1. The molecule has 0 bridgehead atoms. The maximum absolute atomic E-state index is 13.4. The monoisotopic (exact) mass is 645 g/mol. The second kappa shape index (κ2) is 14.7. The molecule has 0 saturated carbocycles. The highest BCUT2D eigenvalue weighted by molar-refractivity contribution is 14.1. The number of primary amides is 1. The number of hydrogen-bond acceptors (Lipinski definition) is 8. The van der Waals surface area contributed by atoms with Gasteiger partial charge < -0.3 is 38.5 Å². The molecule has 15 heteroatoms. The third-order valence-corrected chi connectivity index (χ3v) is 7.20. The summed E-state index contributed by atoms with van der Waals surface area (Å²) in [7, 11) is 0. The van der Waals surface area contributed by atoms with E-state index in [1.807, 2.05) is 36.4 Å². The highest BCUT2D eigenvalue weighted by atomic mass is 127. The minimum Gasteiger partial charge on any atom is -0.384 e. The van der Waals surface area contributed by atoms with Gasteiger partial charge in [-0.15, -0.1) is 0 Å². The van der Waals surface area contributed by atoms with Gasteiger partial charge in [0.2, 0.25) is 17.7 Å². The Morgan fingerprint density at radius 1 is 1.24 bits per heavy atom. The second-order valence-corrected chi connectivity index (χ2v) is 10.3. The van der Waals surface area contributed by atoms with Gasteiger partial charge >= 0.3 is 0 Å². The number of nitrogens with zero attached hydrogens (tertiary/aromatic N) is 2. The number of carbonyl (C=O) groups is 3. The van der Waals surface area contributed by atoms with E-state index in [1.54, 1.807) is 0 Å². The first kappa shape index (κ1) is 31.0. The van der Waals surface area contributed by atoms with E-state index in [0.717, 1.165) is 0 Å². The van der Waals surface area contributed by atoms with Gasteiger partial charge in [0, 0.05) is 35.3 Å². The average Bonchev–Trinajstić information content (AvgIpc) is 2.85. The lowest BCUT2D eigenvalue weighted by Gasteiger charge is -2.28. The van der Waals surface area contributed by atoms with Crippen molar-refractivity contribution in [1.82, 2.24) is 16.0 Å². The van der Waals surface area contributed by atoms with E-state index in [1.165, 1.54) is 12.1 Å². The molecule has 0 spiro atoms. The molecule has 1 heterocycles. The van der Waals surface area contributed by atoms with Gasteiger partial charge in [-0.3, -0.25) is 29.5 Å². The first-order chi connectivity index (χ1) is 17.9. The summed E-state index contributed by atoms with van der Waals surface area (Å²) in [6, 6.07) is 0.228. The molecule has 0 saturated heterocycles. The molecular weight excluding hydrogens is 609 g/mol. The summed E-state index contributed by atoms with van der Waals surface area (Å²) in [5, 5.41) is 23.4. The Bertz CT molecular complexity index is 1060. The number of rotatable bonds is 8. The van der Waals surface area contributed by atoms with Crippen LogP contribution >= 0.6 is 22.6 Å². The molecule has 1 aliphatic rings. The van der Waals surface area contributed by atoms with E-state index in [0.29, 0.717) is 27.7 Å². The van der Waals surface area contributed by atoms with Crippen LogP contribution in [-0.4, -0.2) is 59.8 Å². The number of non-ortho nitro benzene ring substituents is 1. The molecule has 1 aliphatic heterocycles. The number of aliphatic imine (C=N–C) groups is 1. The zero-order valence-electron chi connectivity index (χ0n) is 21.5. The summed E-state index contributed by atoms with van der Waals surface area (Å²) in [4.78, 5) is 53.6. The van der Waals surface area contributed by atoms with Crippen molar-refractivity contribution in [2.45, 2.75) is 64.2 Å². The molecule has 1 aromatic carbocycles. The Kier molecular flexibility index (Phi) is 12.0. The Hall–Kier alpha value is -3.21. The maximum atomic E-state index is 13.4. The number of nitro benzene ring substituents is 1. The summed E-state index contributed by atoms with van der Waals surface area (Å²) in [5.74, 6) is -1.89. The van der Waals surface area contributed by atoms with Gasteiger partial charge in [0.05, 0.1) is 16.7 Å². The van der Waals surface area contributed by atoms with Crippen molar-refractivity contribution in [3.05, 3.63) is 31.4 Å². The normalized spacial score (nSPS) is 21.5. The van der Waals surface area contributed by atoms with Gasteiger partial charge in [0.1, 0.15) is 12.1 Å². The number of carbonyl (C=O) groups excluding carboxylic acids is 3. The van der Waals surface area contributed by atoms with Crippen molar-refractivity contribution < 1.29 is 19.3 Å². The van der Waals surface area contributed by atoms with Crippen LogP contribution in [0.3, 0.4) is 0 Å². The Morgan fingerprint density at radius 3 is 2.55 bits per heavy atom. The first-order valence-corrected chi connectivity index (χ1v) is 13.4. The lowest BCUT2D eigenvalue weighted by molar-refractivity contribution is -0.385. The van der Waals surface area contributed by atoms with Crippen LogP contribution < -0.4 is 38.5 Å². The minimum absolute atomic E-state index is 0.0782. The van der Waals surface area contributed by atoms with E-state index in [2.05, 4.69) is 26.3 Å². The van der Waals surface area contributed by atoms with Crippen LogP contribution in [0.2, 0.25) is 0 Å².